The van der Waals surface area contributed by atoms with Gasteiger partial charge < -0.3 is 15.4 Å². The fraction of sp³-hybridized carbons (Fsp3) is 0.217. The van der Waals surface area contributed by atoms with Crippen molar-refractivity contribution >= 4 is 34.7 Å². The molecule has 0 aliphatic carbocycles. The molecule has 0 radical (unpaired) electrons. The van der Waals surface area contributed by atoms with Gasteiger partial charge in [-0.15, -0.1) is 0 Å². The molecule has 3 N–H and O–H groups in total. The number of aromatic nitrogens is 4. The Kier molecular flexibility index (Phi) is 7.14. The standard InChI is InChI=1S/C23H24N6O4S/c1-33-12-11-28(18(30)15-34-23-25-13-17-9-5-6-10-27(17)23)19-20(24)29(22(32)26-21(19)31)14-16-7-3-2-4-8-16/h2-10,13H,11-12,14-15,24H2,1H3,(H,26,31,32). The lowest BCUT2D eigenvalue weighted by atomic mass is 10.2. The summed E-state index contributed by atoms with van der Waals surface area (Å²) in [4.78, 5) is 46.5. The number of methoxy groups -OCH3 is 1. The summed E-state index contributed by atoms with van der Waals surface area (Å²) in [5.74, 6) is -0.441. The van der Waals surface area contributed by atoms with Gasteiger partial charge in [-0.3, -0.25) is 23.5 Å². The highest BCUT2D eigenvalue weighted by Crippen LogP contribution is 2.22. The zero-order valence-corrected chi connectivity index (χ0v) is 19.3. The van der Waals surface area contributed by atoms with E-state index in [1.54, 1.807) is 6.20 Å². The summed E-state index contributed by atoms with van der Waals surface area (Å²) in [6, 6.07) is 14.9. The number of nitrogens with two attached hydrogens (primary N) is 1. The fourth-order valence-electron chi connectivity index (χ4n) is 3.54. The number of benzene rings is 1. The van der Waals surface area contributed by atoms with Gasteiger partial charge in [-0.2, -0.15) is 0 Å². The van der Waals surface area contributed by atoms with E-state index in [0.717, 1.165) is 11.1 Å². The largest absolute Gasteiger partial charge is 0.383 e. The van der Waals surface area contributed by atoms with E-state index in [-0.39, 0.29) is 42.9 Å². The second-order valence-corrected chi connectivity index (χ2v) is 8.37. The number of fused-ring (bicyclic) bond motifs is 1. The van der Waals surface area contributed by atoms with Crippen LogP contribution < -0.4 is 21.9 Å². The number of nitrogens with zero attached hydrogens (tertiary/aromatic N) is 4. The van der Waals surface area contributed by atoms with Gasteiger partial charge in [-0.1, -0.05) is 48.2 Å². The third-order valence-corrected chi connectivity index (χ3v) is 6.17. The number of anilines is 2. The number of pyridine rings is 1. The average Bonchev–Trinajstić information content (AvgIpc) is 3.26. The maximum atomic E-state index is 13.3. The first-order valence-corrected chi connectivity index (χ1v) is 11.5. The first-order valence-electron chi connectivity index (χ1n) is 10.5. The van der Waals surface area contributed by atoms with Crippen molar-refractivity contribution in [3.63, 3.8) is 0 Å². The van der Waals surface area contributed by atoms with Crippen LogP contribution >= 0.6 is 11.8 Å². The fourth-order valence-corrected chi connectivity index (χ4v) is 4.38. The molecule has 1 amide bonds. The number of hydrogen-bond acceptors (Lipinski definition) is 7. The van der Waals surface area contributed by atoms with Crippen molar-refractivity contribution in [2.24, 2.45) is 0 Å². The molecule has 0 fully saturated rings. The van der Waals surface area contributed by atoms with Crippen molar-refractivity contribution in [1.82, 2.24) is 18.9 Å². The molecule has 0 unspecified atom stereocenters. The maximum absolute atomic E-state index is 13.3. The van der Waals surface area contributed by atoms with Crippen LogP contribution in [0.3, 0.4) is 0 Å². The highest BCUT2D eigenvalue weighted by molar-refractivity contribution is 7.99. The summed E-state index contributed by atoms with van der Waals surface area (Å²) in [5, 5.41) is 0.645. The molecule has 0 aliphatic heterocycles. The Hall–Kier alpha value is -3.83. The Labute approximate surface area is 199 Å². The molecule has 0 spiro atoms. The molecule has 10 nitrogen and oxygen atoms in total. The zero-order chi connectivity index (χ0) is 24.1. The highest BCUT2D eigenvalue weighted by Gasteiger charge is 2.24. The van der Waals surface area contributed by atoms with Gasteiger partial charge in [0, 0.05) is 19.9 Å². The van der Waals surface area contributed by atoms with Crippen molar-refractivity contribution in [1.29, 1.82) is 0 Å². The minimum absolute atomic E-state index is 0.00835. The SMILES string of the molecule is COCCN(C(=O)CSc1ncc2ccccn12)c1c(N)n(Cc2ccccc2)c(=O)[nH]c1=O. The van der Waals surface area contributed by atoms with Crippen molar-refractivity contribution in [3.05, 3.63) is 87.3 Å². The minimum atomic E-state index is -0.729. The average molecular weight is 481 g/mol. The Morgan fingerprint density at radius 2 is 1.94 bits per heavy atom. The number of amides is 1. The Bertz CT molecular complexity index is 1410. The van der Waals surface area contributed by atoms with Gasteiger partial charge in [0.15, 0.2) is 10.8 Å². The molecule has 0 saturated carbocycles. The Morgan fingerprint density at radius 3 is 2.71 bits per heavy atom. The Morgan fingerprint density at radius 1 is 1.18 bits per heavy atom. The van der Waals surface area contributed by atoms with Gasteiger partial charge in [-0.05, 0) is 17.7 Å². The highest BCUT2D eigenvalue weighted by atomic mass is 32.2. The van der Waals surface area contributed by atoms with E-state index in [4.69, 9.17) is 10.5 Å². The first kappa shape index (κ1) is 23.3. The van der Waals surface area contributed by atoms with Gasteiger partial charge >= 0.3 is 5.69 Å². The van der Waals surface area contributed by atoms with E-state index >= 15 is 0 Å². The van der Waals surface area contributed by atoms with Gasteiger partial charge in [0.2, 0.25) is 5.91 Å². The monoisotopic (exact) mass is 480 g/mol. The summed E-state index contributed by atoms with van der Waals surface area (Å²) in [6.07, 6.45) is 3.58. The molecule has 0 saturated heterocycles. The molecule has 3 heterocycles. The number of imidazole rings is 1. The van der Waals surface area contributed by atoms with Gasteiger partial charge in [0.1, 0.15) is 5.82 Å². The molecule has 4 aromatic rings. The van der Waals surface area contributed by atoms with Crippen LogP contribution in [-0.2, 0) is 16.1 Å². The number of carbonyl (C=O) groups excluding carboxylic acids is 1. The van der Waals surface area contributed by atoms with Gasteiger partial charge in [-0.25, -0.2) is 9.78 Å². The van der Waals surface area contributed by atoms with Crippen LogP contribution in [0.25, 0.3) is 5.52 Å². The molecule has 34 heavy (non-hydrogen) atoms. The van der Waals surface area contributed by atoms with Crippen molar-refractivity contribution in [2.45, 2.75) is 11.7 Å². The molecule has 1 aromatic carbocycles. The molecule has 0 atom stereocenters. The predicted octanol–water partition coefficient (Wildman–Crippen LogP) is 1.59. The second-order valence-electron chi connectivity index (χ2n) is 7.43. The maximum Gasteiger partial charge on any atom is 0.330 e. The number of hydrogen-bond donors (Lipinski definition) is 2. The smallest absolute Gasteiger partial charge is 0.330 e. The molecule has 3 aromatic heterocycles. The molecule has 4 rings (SSSR count). The van der Waals surface area contributed by atoms with Gasteiger partial charge in [0.25, 0.3) is 5.56 Å². The number of carbonyl (C=O) groups is 1. The van der Waals surface area contributed by atoms with Crippen molar-refractivity contribution < 1.29 is 9.53 Å². The second kappa shape index (κ2) is 10.4. The summed E-state index contributed by atoms with van der Waals surface area (Å²) < 4.78 is 8.26. The van der Waals surface area contributed by atoms with E-state index in [1.807, 2.05) is 59.1 Å². The summed E-state index contributed by atoms with van der Waals surface area (Å²) >= 11 is 1.24. The molecular weight excluding hydrogens is 456 g/mol. The quantitative estimate of drug-likeness (QED) is 0.348. The molecule has 0 aliphatic rings. The summed E-state index contributed by atoms with van der Waals surface area (Å²) in [7, 11) is 1.50. The van der Waals surface area contributed by atoms with Crippen LogP contribution in [0.4, 0.5) is 11.5 Å². The van der Waals surface area contributed by atoms with E-state index in [2.05, 4.69) is 9.97 Å². The molecule has 176 valence electrons. The number of ether oxygens (including phenoxy) is 1. The third-order valence-electron chi connectivity index (χ3n) is 5.22. The van der Waals surface area contributed by atoms with Crippen LogP contribution in [-0.4, -0.2) is 50.9 Å². The van der Waals surface area contributed by atoms with Crippen LogP contribution in [0.15, 0.2) is 75.7 Å². The summed E-state index contributed by atoms with van der Waals surface area (Å²) in [5.41, 5.74) is 6.57. The summed E-state index contributed by atoms with van der Waals surface area (Å²) in [6.45, 7) is 0.421. The molecule has 0 bridgehead atoms. The topological polar surface area (TPSA) is 128 Å². The van der Waals surface area contributed by atoms with Crippen LogP contribution in [0.5, 0.6) is 0 Å². The zero-order valence-electron chi connectivity index (χ0n) is 18.5. The lowest BCUT2D eigenvalue weighted by Crippen LogP contribution is -2.43. The van der Waals surface area contributed by atoms with Crippen LogP contribution in [0.2, 0.25) is 0 Å². The minimum Gasteiger partial charge on any atom is -0.383 e. The van der Waals surface area contributed by atoms with Crippen molar-refractivity contribution in [3.8, 4) is 0 Å². The number of thioether (sulfide) groups is 1. The number of aromatic amines is 1. The van der Waals surface area contributed by atoms with Crippen LogP contribution in [0.1, 0.15) is 5.56 Å². The lowest BCUT2D eigenvalue weighted by molar-refractivity contribution is -0.116. The number of rotatable bonds is 9. The van der Waals surface area contributed by atoms with E-state index in [1.165, 1.54) is 28.3 Å². The van der Waals surface area contributed by atoms with E-state index in [9.17, 15) is 14.4 Å². The normalized spacial score (nSPS) is 11.1. The number of nitrogens with one attached hydrogen (secondary N) is 1. The van der Waals surface area contributed by atoms with E-state index in [0.29, 0.717) is 5.16 Å². The number of H-pyrrole nitrogens is 1. The van der Waals surface area contributed by atoms with Gasteiger partial charge in [0.05, 0.1) is 30.6 Å². The van der Waals surface area contributed by atoms with E-state index < -0.39 is 11.2 Å². The number of nitrogen functional groups attached to an aromatic ring is 1. The molecular formula is C23H24N6O4S. The molecule has 11 heteroatoms. The van der Waals surface area contributed by atoms with Crippen molar-refractivity contribution in [2.75, 3.05) is 36.6 Å². The lowest BCUT2D eigenvalue weighted by Gasteiger charge is -2.24. The predicted molar refractivity (Wildman–Crippen MR) is 131 cm³/mol. The first-order chi connectivity index (χ1) is 16.5. The third kappa shape index (κ3) is 4.90. The van der Waals surface area contributed by atoms with Crippen LogP contribution in [0, 0.1) is 0 Å². The Balaban J connectivity index is 1.64.